The van der Waals surface area contributed by atoms with Crippen LogP contribution in [0.15, 0.2) is 65.8 Å². The summed E-state index contributed by atoms with van der Waals surface area (Å²) in [5.74, 6) is 2.05. The van der Waals surface area contributed by atoms with Crippen LogP contribution in [0.5, 0.6) is 11.5 Å². The number of aryl methyl sites for hydroxylation is 1. The van der Waals surface area contributed by atoms with Gasteiger partial charge in [-0.3, -0.25) is 4.79 Å². The second-order valence-electron chi connectivity index (χ2n) is 7.56. The molecule has 166 valence electrons. The minimum atomic E-state index is 0.100. The monoisotopic (exact) mass is 450 g/mol. The van der Waals surface area contributed by atoms with Crippen molar-refractivity contribution in [2.45, 2.75) is 18.2 Å². The number of ether oxygens (including phenoxy) is 1. The average molecular weight is 451 g/mol. The number of benzene rings is 2. The molecule has 0 N–H and O–H groups in total. The lowest BCUT2D eigenvalue weighted by atomic mass is 10.1. The summed E-state index contributed by atoms with van der Waals surface area (Å²) >= 11 is 1.28. The Morgan fingerprint density at radius 2 is 1.72 bits per heavy atom. The van der Waals surface area contributed by atoms with Crippen LogP contribution >= 0.6 is 12.0 Å². The van der Waals surface area contributed by atoms with Gasteiger partial charge in [-0.25, -0.2) is 9.97 Å². The summed E-state index contributed by atoms with van der Waals surface area (Å²) in [4.78, 5) is 26.4. The summed E-state index contributed by atoms with van der Waals surface area (Å²) in [5, 5.41) is 0. The van der Waals surface area contributed by atoms with Crippen molar-refractivity contribution in [1.82, 2.24) is 14.9 Å². The Balaban J connectivity index is 1.32. The maximum Gasteiger partial charge on any atom is 0.227 e. The first-order chi connectivity index (χ1) is 15.6. The van der Waals surface area contributed by atoms with E-state index in [0.29, 0.717) is 37.0 Å². The quantitative estimate of drug-likeness (QED) is 0.508. The molecule has 1 aliphatic rings. The van der Waals surface area contributed by atoms with E-state index in [1.54, 1.807) is 25.6 Å². The fourth-order valence-corrected chi connectivity index (χ4v) is 4.05. The molecule has 3 aromatic rings. The van der Waals surface area contributed by atoms with Gasteiger partial charge in [-0.15, -0.1) is 0 Å². The predicted molar refractivity (Wildman–Crippen MR) is 125 cm³/mol. The lowest BCUT2D eigenvalue weighted by Crippen LogP contribution is -2.49. The van der Waals surface area contributed by atoms with Gasteiger partial charge in [-0.2, -0.15) is 0 Å². The van der Waals surface area contributed by atoms with Crippen LogP contribution in [0.1, 0.15) is 11.1 Å². The minimum Gasteiger partial charge on any atom is -0.493 e. The van der Waals surface area contributed by atoms with Crippen LogP contribution in [0.25, 0.3) is 0 Å². The zero-order chi connectivity index (χ0) is 22.3. The van der Waals surface area contributed by atoms with Crippen LogP contribution < -0.4 is 13.8 Å². The maximum absolute atomic E-state index is 12.8. The van der Waals surface area contributed by atoms with E-state index in [4.69, 9.17) is 8.92 Å². The zero-order valence-electron chi connectivity index (χ0n) is 18.2. The number of amides is 1. The Labute approximate surface area is 192 Å². The minimum absolute atomic E-state index is 0.100. The molecule has 0 atom stereocenters. The van der Waals surface area contributed by atoms with Gasteiger partial charge in [-0.05, 0) is 42.8 Å². The van der Waals surface area contributed by atoms with Gasteiger partial charge in [-0.1, -0.05) is 23.8 Å². The summed E-state index contributed by atoms with van der Waals surface area (Å²) < 4.78 is 11.4. The third kappa shape index (κ3) is 5.50. The van der Waals surface area contributed by atoms with Gasteiger partial charge in [0.15, 0.2) is 11.5 Å². The molecule has 0 bridgehead atoms. The smallest absolute Gasteiger partial charge is 0.227 e. The molecular formula is C24H26N4O3S. The van der Waals surface area contributed by atoms with Crippen molar-refractivity contribution in [2.75, 3.05) is 38.2 Å². The first-order valence-electron chi connectivity index (χ1n) is 10.5. The van der Waals surface area contributed by atoms with Crippen LogP contribution in [0.2, 0.25) is 0 Å². The topological polar surface area (TPSA) is 67.8 Å². The maximum atomic E-state index is 12.8. The molecular weight excluding hydrogens is 424 g/mol. The second kappa shape index (κ2) is 10.4. The van der Waals surface area contributed by atoms with Crippen LogP contribution in [0.4, 0.5) is 5.95 Å². The van der Waals surface area contributed by atoms with E-state index in [1.807, 2.05) is 47.4 Å². The van der Waals surface area contributed by atoms with Gasteiger partial charge in [0.25, 0.3) is 0 Å². The number of hydrogen-bond donors (Lipinski definition) is 0. The highest BCUT2D eigenvalue weighted by Gasteiger charge is 2.22. The predicted octanol–water partition coefficient (Wildman–Crippen LogP) is 3.77. The molecule has 0 radical (unpaired) electrons. The second-order valence-corrected chi connectivity index (χ2v) is 8.36. The van der Waals surface area contributed by atoms with Crippen LogP contribution in [0, 0.1) is 6.92 Å². The molecule has 4 rings (SSSR count). The van der Waals surface area contributed by atoms with Gasteiger partial charge >= 0.3 is 0 Å². The Morgan fingerprint density at radius 3 is 2.41 bits per heavy atom. The summed E-state index contributed by atoms with van der Waals surface area (Å²) in [6.07, 6.45) is 3.80. The fraction of sp³-hybridized carbons (Fsp3) is 0.292. The van der Waals surface area contributed by atoms with E-state index in [2.05, 4.69) is 21.8 Å². The first kappa shape index (κ1) is 22.0. The Kier molecular flexibility index (Phi) is 7.11. The molecule has 0 spiro atoms. The molecule has 0 saturated carbocycles. The SMILES string of the molecule is COc1cc(CC(=O)N2CCN(c3ncccn3)CC2)ccc1OSc1ccc(C)cc1. The number of aromatic nitrogens is 2. The first-order valence-corrected chi connectivity index (χ1v) is 11.2. The number of methoxy groups -OCH3 is 1. The van der Waals surface area contributed by atoms with Crippen molar-refractivity contribution in [3.63, 3.8) is 0 Å². The lowest BCUT2D eigenvalue weighted by Gasteiger charge is -2.34. The summed E-state index contributed by atoms with van der Waals surface area (Å²) in [5.41, 5.74) is 2.10. The van der Waals surface area contributed by atoms with Gasteiger partial charge in [0, 0.05) is 43.5 Å². The van der Waals surface area contributed by atoms with Gasteiger partial charge < -0.3 is 18.7 Å². The Morgan fingerprint density at radius 1 is 1.00 bits per heavy atom. The van der Waals surface area contributed by atoms with Crippen molar-refractivity contribution in [3.05, 3.63) is 72.1 Å². The highest BCUT2D eigenvalue weighted by Crippen LogP contribution is 2.33. The van der Waals surface area contributed by atoms with E-state index in [9.17, 15) is 4.79 Å². The standard InChI is InChI=1S/C24H26N4O3S/c1-18-4-7-20(8-5-18)32-31-21-9-6-19(16-22(21)30-2)17-23(29)27-12-14-28(15-13-27)24-25-10-3-11-26-24/h3-11,16H,12-15,17H2,1-2H3. The zero-order valence-corrected chi connectivity index (χ0v) is 19.0. The molecule has 1 amide bonds. The number of hydrogen-bond acceptors (Lipinski definition) is 7. The largest absolute Gasteiger partial charge is 0.493 e. The third-order valence-corrected chi connectivity index (χ3v) is 6.03. The Bertz CT molecular complexity index is 1040. The molecule has 7 nitrogen and oxygen atoms in total. The van der Waals surface area contributed by atoms with Crippen molar-refractivity contribution >= 4 is 23.9 Å². The molecule has 0 aliphatic carbocycles. The molecule has 1 aromatic heterocycles. The average Bonchev–Trinajstić information content (AvgIpc) is 2.84. The van der Waals surface area contributed by atoms with E-state index < -0.39 is 0 Å². The van der Waals surface area contributed by atoms with Crippen LogP contribution in [-0.2, 0) is 11.2 Å². The molecule has 32 heavy (non-hydrogen) atoms. The molecule has 1 aliphatic heterocycles. The molecule has 1 fully saturated rings. The number of rotatable bonds is 7. The molecule has 0 unspecified atom stereocenters. The summed E-state index contributed by atoms with van der Waals surface area (Å²) in [7, 11) is 1.61. The van der Waals surface area contributed by atoms with E-state index >= 15 is 0 Å². The van der Waals surface area contributed by atoms with Crippen LogP contribution in [0.3, 0.4) is 0 Å². The highest BCUT2D eigenvalue weighted by molar-refractivity contribution is 7.95. The van der Waals surface area contributed by atoms with Crippen molar-refractivity contribution < 1.29 is 13.7 Å². The molecule has 2 heterocycles. The van der Waals surface area contributed by atoms with Crippen molar-refractivity contribution in [3.8, 4) is 11.5 Å². The summed E-state index contributed by atoms with van der Waals surface area (Å²) in [6.45, 7) is 4.81. The number of carbonyl (C=O) groups is 1. The van der Waals surface area contributed by atoms with Crippen molar-refractivity contribution in [2.24, 2.45) is 0 Å². The highest BCUT2D eigenvalue weighted by atomic mass is 32.2. The normalized spacial score (nSPS) is 13.7. The van der Waals surface area contributed by atoms with Gasteiger partial charge in [0.2, 0.25) is 11.9 Å². The van der Waals surface area contributed by atoms with Gasteiger partial charge in [0.1, 0.15) is 0 Å². The fourth-order valence-electron chi connectivity index (χ4n) is 3.47. The van der Waals surface area contributed by atoms with E-state index in [0.717, 1.165) is 23.5 Å². The summed E-state index contributed by atoms with van der Waals surface area (Å²) in [6, 6.07) is 15.6. The van der Waals surface area contributed by atoms with Crippen molar-refractivity contribution in [1.29, 1.82) is 0 Å². The number of nitrogens with zero attached hydrogens (tertiary/aromatic N) is 4. The number of anilines is 1. The molecule has 1 saturated heterocycles. The van der Waals surface area contributed by atoms with Gasteiger partial charge in [0.05, 0.1) is 25.6 Å². The Hall–Kier alpha value is -3.26. The number of piperazine rings is 1. The van der Waals surface area contributed by atoms with Crippen LogP contribution in [-0.4, -0.2) is 54.1 Å². The lowest BCUT2D eigenvalue weighted by molar-refractivity contribution is -0.130. The molecule has 8 heteroatoms. The van der Waals surface area contributed by atoms with E-state index in [1.165, 1.54) is 17.6 Å². The number of carbonyl (C=O) groups excluding carboxylic acids is 1. The third-order valence-electron chi connectivity index (χ3n) is 5.30. The molecule has 2 aromatic carbocycles. The van der Waals surface area contributed by atoms with E-state index in [-0.39, 0.29) is 5.91 Å².